The summed E-state index contributed by atoms with van der Waals surface area (Å²) in [6, 6.07) is 9.50. The maximum atomic E-state index is 12.0. The third-order valence-electron chi connectivity index (χ3n) is 3.34. The van der Waals surface area contributed by atoms with E-state index < -0.39 is 4.92 Å². The van der Waals surface area contributed by atoms with E-state index in [1.165, 1.54) is 18.0 Å². The first kappa shape index (κ1) is 16.5. The quantitative estimate of drug-likeness (QED) is 0.622. The first-order chi connectivity index (χ1) is 11.0. The Balaban J connectivity index is 1.91. The van der Waals surface area contributed by atoms with Crippen LogP contribution in [0.15, 0.2) is 36.5 Å². The van der Waals surface area contributed by atoms with Crippen molar-refractivity contribution in [2.24, 2.45) is 0 Å². The highest BCUT2D eigenvalue weighted by molar-refractivity contribution is 5.76. The van der Waals surface area contributed by atoms with E-state index in [1.807, 2.05) is 37.3 Å². The van der Waals surface area contributed by atoms with E-state index in [4.69, 9.17) is 4.74 Å². The normalized spacial score (nSPS) is 11.7. The lowest BCUT2D eigenvalue weighted by molar-refractivity contribution is -0.385. The van der Waals surface area contributed by atoms with Crippen LogP contribution in [0.3, 0.4) is 0 Å². The Kier molecular flexibility index (Phi) is 5.29. The predicted octanol–water partition coefficient (Wildman–Crippen LogP) is 2.07. The maximum Gasteiger partial charge on any atom is 0.350 e. The fourth-order valence-electron chi connectivity index (χ4n) is 2.13. The summed E-state index contributed by atoms with van der Waals surface area (Å²) in [7, 11) is 1.31. The van der Waals surface area contributed by atoms with Gasteiger partial charge >= 0.3 is 11.6 Å². The molecule has 1 N–H and O–H groups in total. The SMILES string of the molecule is COc1nn(CCC(=O)NC(C)c2ccccc2)cc1[N+](=O)[O-]. The first-order valence-electron chi connectivity index (χ1n) is 7.11. The van der Waals surface area contributed by atoms with Crippen molar-refractivity contribution < 1.29 is 14.5 Å². The lowest BCUT2D eigenvalue weighted by Crippen LogP contribution is -2.27. The summed E-state index contributed by atoms with van der Waals surface area (Å²) in [5.74, 6) is -0.216. The molecule has 0 aliphatic heterocycles. The number of aryl methyl sites for hydroxylation is 1. The van der Waals surface area contributed by atoms with Crippen LogP contribution < -0.4 is 10.1 Å². The molecular weight excluding hydrogens is 300 g/mol. The van der Waals surface area contributed by atoms with E-state index in [1.54, 1.807) is 0 Å². The fourth-order valence-corrected chi connectivity index (χ4v) is 2.13. The molecule has 2 aromatic rings. The van der Waals surface area contributed by atoms with E-state index in [9.17, 15) is 14.9 Å². The Morgan fingerprint density at radius 3 is 2.70 bits per heavy atom. The van der Waals surface area contributed by atoms with Gasteiger partial charge < -0.3 is 10.1 Å². The van der Waals surface area contributed by atoms with Gasteiger partial charge in [-0.15, -0.1) is 5.10 Å². The van der Waals surface area contributed by atoms with Crippen LogP contribution in [0.5, 0.6) is 5.88 Å². The summed E-state index contributed by atoms with van der Waals surface area (Å²) in [5.41, 5.74) is 0.794. The Labute approximate surface area is 133 Å². The summed E-state index contributed by atoms with van der Waals surface area (Å²) in [6.07, 6.45) is 1.42. The monoisotopic (exact) mass is 318 g/mol. The van der Waals surface area contributed by atoms with Gasteiger partial charge in [-0.1, -0.05) is 30.3 Å². The number of nitro groups is 1. The molecule has 8 nitrogen and oxygen atoms in total. The Hall–Kier alpha value is -2.90. The van der Waals surface area contributed by atoms with Crippen molar-refractivity contribution in [1.82, 2.24) is 15.1 Å². The fraction of sp³-hybridized carbons (Fsp3) is 0.333. The van der Waals surface area contributed by atoms with Crippen LogP contribution in [0, 0.1) is 10.1 Å². The van der Waals surface area contributed by atoms with Crippen molar-refractivity contribution >= 4 is 11.6 Å². The molecule has 0 radical (unpaired) electrons. The molecule has 0 aliphatic carbocycles. The number of carbonyl (C=O) groups excluding carboxylic acids is 1. The van der Waals surface area contributed by atoms with Gasteiger partial charge in [-0.3, -0.25) is 19.6 Å². The van der Waals surface area contributed by atoms with Gasteiger partial charge in [0.1, 0.15) is 6.20 Å². The average molecular weight is 318 g/mol. The summed E-state index contributed by atoms with van der Waals surface area (Å²) in [5, 5.41) is 17.6. The molecular formula is C15H18N4O4. The largest absolute Gasteiger partial charge is 0.475 e. The zero-order valence-electron chi connectivity index (χ0n) is 12.9. The lowest BCUT2D eigenvalue weighted by atomic mass is 10.1. The number of nitrogens with zero attached hydrogens (tertiary/aromatic N) is 3. The standard InChI is InChI=1S/C15H18N4O4/c1-11(12-6-4-3-5-7-12)16-14(20)8-9-18-10-13(19(21)22)15(17-18)23-2/h3-7,10-11H,8-9H2,1-2H3,(H,16,20). The van der Waals surface area contributed by atoms with Gasteiger partial charge in [0.05, 0.1) is 24.6 Å². The Morgan fingerprint density at radius 1 is 1.43 bits per heavy atom. The van der Waals surface area contributed by atoms with Gasteiger partial charge in [0.15, 0.2) is 0 Å². The molecule has 122 valence electrons. The van der Waals surface area contributed by atoms with E-state index >= 15 is 0 Å². The van der Waals surface area contributed by atoms with Crippen LogP contribution in [-0.4, -0.2) is 27.7 Å². The molecule has 1 heterocycles. The molecule has 1 aromatic heterocycles. The number of rotatable bonds is 7. The van der Waals surface area contributed by atoms with Crippen LogP contribution >= 0.6 is 0 Å². The second-order valence-electron chi connectivity index (χ2n) is 4.99. The van der Waals surface area contributed by atoms with Crippen LogP contribution in [0.4, 0.5) is 5.69 Å². The van der Waals surface area contributed by atoms with Crippen molar-refractivity contribution in [3.8, 4) is 5.88 Å². The number of carbonyl (C=O) groups is 1. The number of benzene rings is 1. The Bertz CT molecular complexity index is 684. The smallest absolute Gasteiger partial charge is 0.350 e. The summed E-state index contributed by atoms with van der Waals surface area (Å²) in [4.78, 5) is 22.2. The number of hydrogen-bond donors (Lipinski definition) is 1. The van der Waals surface area contributed by atoms with Crippen molar-refractivity contribution in [1.29, 1.82) is 0 Å². The lowest BCUT2D eigenvalue weighted by Gasteiger charge is -2.14. The second kappa shape index (κ2) is 7.39. The van der Waals surface area contributed by atoms with Crippen molar-refractivity contribution in [3.63, 3.8) is 0 Å². The van der Waals surface area contributed by atoms with Crippen molar-refractivity contribution in [2.45, 2.75) is 25.9 Å². The highest BCUT2D eigenvalue weighted by Gasteiger charge is 2.20. The molecule has 0 saturated carbocycles. The molecule has 0 saturated heterocycles. The van der Waals surface area contributed by atoms with E-state index in [-0.39, 0.29) is 36.5 Å². The molecule has 23 heavy (non-hydrogen) atoms. The first-order valence-corrected chi connectivity index (χ1v) is 7.11. The number of nitrogens with one attached hydrogen (secondary N) is 1. The van der Waals surface area contributed by atoms with Crippen molar-refractivity contribution in [3.05, 3.63) is 52.2 Å². The van der Waals surface area contributed by atoms with Gasteiger partial charge in [-0.2, -0.15) is 0 Å². The number of methoxy groups -OCH3 is 1. The molecule has 1 amide bonds. The molecule has 2 rings (SSSR count). The summed E-state index contributed by atoms with van der Waals surface area (Å²) < 4.78 is 6.18. The summed E-state index contributed by atoms with van der Waals surface area (Å²) in [6.45, 7) is 2.13. The number of amides is 1. The molecule has 1 unspecified atom stereocenters. The van der Waals surface area contributed by atoms with Crippen LogP contribution in [-0.2, 0) is 11.3 Å². The Morgan fingerprint density at radius 2 is 2.13 bits per heavy atom. The maximum absolute atomic E-state index is 12.0. The molecule has 0 aliphatic rings. The van der Waals surface area contributed by atoms with Gasteiger partial charge in [0.2, 0.25) is 5.91 Å². The minimum Gasteiger partial charge on any atom is -0.475 e. The minimum atomic E-state index is -0.570. The third-order valence-corrected chi connectivity index (χ3v) is 3.34. The molecule has 0 fully saturated rings. The number of ether oxygens (including phenoxy) is 1. The number of aromatic nitrogens is 2. The van der Waals surface area contributed by atoms with Crippen LogP contribution in [0.25, 0.3) is 0 Å². The van der Waals surface area contributed by atoms with Gasteiger partial charge in [0, 0.05) is 6.42 Å². The molecule has 0 bridgehead atoms. The molecule has 0 spiro atoms. The molecule has 1 atom stereocenters. The highest BCUT2D eigenvalue weighted by atomic mass is 16.6. The van der Waals surface area contributed by atoms with E-state index in [0.717, 1.165) is 5.56 Å². The van der Waals surface area contributed by atoms with Crippen LogP contribution in [0.1, 0.15) is 24.9 Å². The second-order valence-corrected chi connectivity index (χ2v) is 4.99. The van der Waals surface area contributed by atoms with Gasteiger partial charge in [-0.25, -0.2) is 0 Å². The van der Waals surface area contributed by atoms with Crippen molar-refractivity contribution in [2.75, 3.05) is 7.11 Å². The zero-order valence-corrected chi connectivity index (χ0v) is 12.9. The predicted molar refractivity (Wildman–Crippen MR) is 83.1 cm³/mol. The van der Waals surface area contributed by atoms with Gasteiger partial charge in [0.25, 0.3) is 0 Å². The summed E-state index contributed by atoms with van der Waals surface area (Å²) >= 11 is 0. The topological polar surface area (TPSA) is 99.3 Å². The molecule has 8 heteroatoms. The van der Waals surface area contributed by atoms with Crippen LogP contribution in [0.2, 0.25) is 0 Å². The highest BCUT2D eigenvalue weighted by Crippen LogP contribution is 2.24. The molecule has 1 aromatic carbocycles. The zero-order chi connectivity index (χ0) is 16.8. The minimum absolute atomic E-state index is 0.0620. The van der Waals surface area contributed by atoms with E-state index in [2.05, 4.69) is 10.4 Å². The number of hydrogen-bond acceptors (Lipinski definition) is 5. The average Bonchev–Trinajstić information content (AvgIpc) is 2.97. The van der Waals surface area contributed by atoms with Gasteiger partial charge in [-0.05, 0) is 12.5 Å². The van der Waals surface area contributed by atoms with E-state index in [0.29, 0.717) is 0 Å². The third kappa shape index (κ3) is 4.29.